The smallest absolute Gasteiger partial charge is 0.243 e. The van der Waals surface area contributed by atoms with Gasteiger partial charge in [-0.3, -0.25) is 9.69 Å². The zero-order chi connectivity index (χ0) is 21.3. The molecule has 3 rings (SSSR count). The second kappa shape index (κ2) is 8.74. The highest BCUT2D eigenvalue weighted by Crippen LogP contribution is 2.25. The molecule has 2 heterocycles. The first-order valence-corrected chi connectivity index (χ1v) is 12.1. The van der Waals surface area contributed by atoms with Crippen LogP contribution in [0.25, 0.3) is 0 Å². The van der Waals surface area contributed by atoms with Crippen LogP contribution in [-0.2, 0) is 14.8 Å². The van der Waals surface area contributed by atoms with E-state index < -0.39 is 10.0 Å². The summed E-state index contributed by atoms with van der Waals surface area (Å²) in [5, 5.41) is 0. The van der Waals surface area contributed by atoms with Crippen LogP contribution in [0, 0.1) is 25.7 Å². The van der Waals surface area contributed by atoms with E-state index in [1.54, 1.807) is 10.4 Å². The van der Waals surface area contributed by atoms with E-state index in [1.165, 1.54) is 6.42 Å². The summed E-state index contributed by atoms with van der Waals surface area (Å²) < 4.78 is 27.8. The van der Waals surface area contributed by atoms with Gasteiger partial charge in [-0.2, -0.15) is 4.31 Å². The minimum absolute atomic E-state index is 0.175. The number of amides is 1. The van der Waals surface area contributed by atoms with Gasteiger partial charge >= 0.3 is 0 Å². The lowest BCUT2D eigenvalue weighted by Gasteiger charge is -2.41. The lowest BCUT2D eigenvalue weighted by molar-refractivity contribution is -0.139. The van der Waals surface area contributed by atoms with Gasteiger partial charge < -0.3 is 4.90 Å². The van der Waals surface area contributed by atoms with Crippen molar-refractivity contribution in [3.05, 3.63) is 29.3 Å². The largest absolute Gasteiger partial charge is 0.341 e. The van der Waals surface area contributed by atoms with E-state index in [-0.39, 0.29) is 11.9 Å². The first-order chi connectivity index (χ1) is 13.6. The third kappa shape index (κ3) is 4.84. The Morgan fingerprint density at radius 3 is 2.21 bits per heavy atom. The molecule has 1 aromatic carbocycles. The highest BCUT2D eigenvalue weighted by molar-refractivity contribution is 7.89. The Kier molecular flexibility index (Phi) is 6.70. The number of sulfonamides is 1. The van der Waals surface area contributed by atoms with E-state index in [0.29, 0.717) is 42.9 Å². The monoisotopic (exact) mass is 421 g/mol. The van der Waals surface area contributed by atoms with Crippen molar-refractivity contribution in [2.24, 2.45) is 11.8 Å². The highest BCUT2D eigenvalue weighted by atomic mass is 32.2. The Hall–Kier alpha value is -1.44. The minimum Gasteiger partial charge on any atom is -0.341 e. The van der Waals surface area contributed by atoms with Crippen LogP contribution in [0.3, 0.4) is 0 Å². The summed E-state index contributed by atoms with van der Waals surface area (Å²) in [5.41, 5.74) is 1.71. The molecule has 0 N–H and O–H groups in total. The number of carbonyl (C=O) groups is 1. The zero-order valence-corrected chi connectivity index (χ0v) is 19.2. The maximum atomic E-state index is 13.1. The van der Waals surface area contributed by atoms with Gasteiger partial charge in [0, 0.05) is 39.3 Å². The maximum absolute atomic E-state index is 13.1. The normalized spacial score (nSPS) is 25.8. The first kappa shape index (κ1) is 22.2. The number of piperazine rings is 1. The minimum atomic E-state index is -3.51. The molecule has 6 nitrogen and oxygen atoms in total. The summed E-state index contributed by atoms with van der Waals surface area (Å²) in [6.45, 7) is 13.8. The Balaban J connectivity index is 1.64. The second-order valence-corrected chi connectivity index (χ2v) is 11.0. The van der Waals surface area contributed by atoms with Crippen LogP contribution in [0.5, 0.6) is 0 Å². The second-order valence-electron chi connectivity index (χ2n) is 9.07. The lowest BCUT2D eigenvalue weighted by atomic mass is 9.91. The van der Waals surface area contributed by atoms with Gasteiger partial charge in [0.25, 0.3) is 0 Å². The highest BCUT2D eigenvalue weighted by Gasteiger charge is 2.35. The fourth-order valence-electron chi connectivity index (χ4n) is 4.72. The third-order valence-corrected chi connectivity index (χ3v) is 8.36. The quantitative estimate of drug-likeness (QED) is 0.749. The number of benzene rings is 1. The van der Waals surface area contributed by atoms with Crippen molar-refractivity contribution in [3.63, 3.8) is 0 Å². The van der Waals surface area contributed by atoms with Crippen LogP contribution >= 0.6 is 0 Å². The molecule has 2 saturated heterocycles. The third-order valence-electron chi connectivity index (χ3n) is 6.32. The van der Waals surface area contributed by atoms with Crippen molar-refractivity contribution in [1.82, 2.24) is 14.1 Å². The number of nitrogens with zero attached hydrogens (tertiary/aromatic N) is 3. The molecule has 0 aliphatic carbocycles. The number of hydrogen-bond acceptors (Lipinski definition) is 4. The molecular formula is C22H35N3O3S. The summed E-state index contributed by atoms with van der Waals surface area (Å²) in [6, 6.07) is 5.34. The summed E-state index contributed by atoms with van der Waals surface area (Å²) in [4.78, 5) is 17.5. The summed E-state index contributed by atoms with van der Waals surface area (Å²) in [5.74, 6) is 1.25. The van der Waals surface area contributed by atoms with Crippen LogP contribution in [-0.4, -0.2) is 73.7 Å². The van der Waals surface area contributed by atoms with Crippen molar-refractivity contribution in [2.45, 2.75) is 52.0 Å². The lowest BCUT2D eigenvalue weighted by Crippen LogP contribution is -2.56. The molecule has 29 heavy (non-hydrogen) atoms. The van der Waals surface area contributed by atoms with Gasteiger partial charge in [0.05, 0.1) is 10.9 Å². The van der Waals surface area contributed by atoms with Gasteiger partial charge in [0.2, 0.25) is 15.9 Å². The van der Waals surface area contributed by atoms with Gasteiger partial charge in [-0.25, -0.2) is 8.42 Å². The molecule has 0 radical (unpaired) electrons. The molecule has 0 bridgehead atoms. The van der Waals surface area contributed by atoms with Crippen molar-refractivity contribution in [3.8, 4) is 0 Å². The Morgan fingerprint density at radius 1 is 1.03 bits per heavy atom. The van der Waals surface area contributed by atoms with Crippen LogP contribution < -0.4 is 0 Å². The molecule has 162 valence electrons. The van der Waals surface area contributed by atoms with Gasteiger partial charge in [-0.15, -0.1) is 0 Å². The Bertz CT molecular complexity index is 837. The molecule has 2 aliphatic rings. The average Bonchev–Trinajstić information content (AvgIpc) is 2.68. The van der Waals surface area contributed by atoms with Gasteiger partial charge in [-0.1, -0.05) is 26.0 Å². The molecule has 1 aromatic rings. The van der Waals surface area contributed by atoms with Crippen molar-refractivity contribution in [1.29, 1.82) is 0 Å². The molecule has 0 spiro atoms. The van der Waals surface area contributed by atoms with Crippen molar-refractivity contribution < 1.29 is 13.2 Å². The van der Waals surface area contributed by atoms with Crippen LogP contribution in [0.4, 0.5) is 0 Å². The van der Waals surface area contributed by atoms with Gasteiger partial charge in [0.15, 0.2) is 0 Å². The van der Waals surface area contributed by atoms with Crippen LogP contribution in [0.1, 0.15) is 38.3 Å². The first-order valence-electron chi connectivity index (χ1n) is 10.7. The predicted octanol–water partition coefficient (Wildman–Crippen LogP) is 2.50. The standard InChI is InChI=1S/C22H35N3O3S/c1-16-6-7-19(4)21(13-16)29(27,28)25-10-8-23(9-11-25)20(5)22(26)24-14-17(2)12-18(3)15-24/h6-7,13,17-18,20H,8-12,14-15H2,1-5H3/t17-,18-,20+/m0/s1. The van der Waals surface area contributed by atoms with E-state index in [1.807, 2.05) is 37.8 Å². The molecule has 2 fully saturated rings. The van der Waals surface area contributed by atoms with E-state index >= 15 is 0 Å². The molecule has 3 atom stereocenters. The fourth-order valence-corrected chi connectivity index (χ4v) is 6.45. The topological polar surface area (TPSA) is 60.9 Å². The molecule has 0 unspecified atom stereocenters. The molecule has 7 heteroatoms. The van der Waals surface area contributed by atoms with Gasteiger partial charge in [-0.05, 0) is 56.2 Å². The maximum Gasteiger partial charge on any atom is 0.243 e. The summed E-state index contributed by atoms with van der Waals surface area (Å²) in [7, 11) is -3.51. The summed E-state index contributed by atoms with van der Waals surface area (Å²) in [6.07, 6.45) is 1.17. The zero-order valence-electron chi connectivity index (χ0n) is 18.4. The predicted molar refractivity (Wildman–Crippen MR) is 115 cm³/mol. The fraction of sp³-hybridized carbons (Fsp3) is 0.682. The molecule has 2 aliphatic heterocycles. The number of hydrogen-bond donors (Lipinski definition) is 0. The Labute approximate surface area is 175 Å². The van der Waals surface area contributed by atoms with Crippen LogP contribution in [0.2, 0.25) is 0 Å². The number of rotatable bonds is 4. The molecule has 1 amide bonds. The van der Waals surface area contributed by atoms with Gasteiger partial charge in [0.1, 0.15) is 0 Å². The number of aryl methyl sites for hydroxylation is 2. The van der Waals surface area contributed by atoms with Crippen LogP contribution in [0.15, 0.2) is 23.1 Å². The average molecular weight is 422 g/mol. The SMILES string of the molecule is Cc1ccc(C)c(S(=O)(=O)N2CCN([C@H](C)C(=O)N3C[C@@H](C)C[C@H](C)C3)CC2)c1. The molecular weight excluding hydrogens is 386 g/mol. The number of piperidine rings is 1. The number of likely N-dealkylation sites (tertiary alicyclic amines) is 1. The van der Waals surface area contributed by atoms with E-state index in [9.17, 15) is 13.2 Å². The summed E-state index contributed by atoms with van der Waals surface area (Å²) >= 11 is 0. The van der Waals surface area contributed by atoms with E-state index in [0.717, 1.165) is 24.2 Å². The molecule has 0 aromatic heterocycles. The van der Waals surface area contributed by atoms with Crippen molar-refractivity contribution >= 4 is 15.9 Å². The Morgan fingerprint density at radius 2 is 1.62 bits per heavy atom. The number of carbonyl (C=O) groups excluding carboxylic acids is 1. The van der Waals surface area contributed by atoms with E-state index in [2.05, 4.69) is 18.7 Å². The van der Waals surface area contributed by atoms with E-state index in [4.69, 9.17) is 0 Å². The van der Waals surface area contributed by atoms with Crippen molar-refractivity contribution in [2.75, 3.05) is 39.3 Å². The molecule has 0 saturated carbocycles.